The standard InChI is InChI=1S/C53H99NO5/c1-3-5-7-9-11-13-25-29-33-37-41-45-51(56)50(49-55)54-52(57)46-42-38-34-30-27-23-21-19-17-15-16-18-20-22-24-28-32-36-40-44-48-59-53(58)47-43-39-35-31-26-14-12-10-8-6-4-2/h10,12,15,17,41,45,50-51,55-56H,3-9,11,13-14,16,18-40,42-44,46-49H2,1-2H3,(H,54,57)/b12-10-,17-15-,45-41+. The number of esters is 1. The first-order chi connectivity index (χ1) is 29.0. The van der Waals surface area contributed by atoms with Crippen molar-refractivity contribution in [3.8, 4) is 0 Å². The molecule has 0 radical (unpaired) electrons. The molecule has 0 saturated heterocycles. The fraction of sp³-hybridized carbons (Fsp3) is 0.849. The molecule has 0 aliphatic heterocycles. The highest BCUT2D eigenvalue weighted by atomic mass is 16.5. The van der Waals surface area contributed by atoms with Gasteiger partial charge >= 0.3 is 5.97 Å². The van der Waals surface area contributed by atoms with E-state index in [1.54, 1.807) is 6.08 Å². The van der Waals surface area contributed by atoms with E-state index in [0.717, 1.165) is 51.4 Å². The predicted octanol–water partition coefficient (Wildman–Crippen LogP) is 15.3. The Morgan fingerprint density at radius 3 is 1.25 bits per heavy atom. The van der Waals surface area contributed by atoms with Crippen molar-refractivity contribution < 1.29 is 24.5 Å². The molecule has 0 aromatic heterocycles. The van der Waals surface area contributed by atoms with E-state index in [1.807, 2.05) is 6.08 Å². The van der Waals surface area contributed by atoms with E-state index >= 15 is 0 Å². The van der Waals surface area contributed by atoms with Gasteiger partial charge in [-0.05, 0) is 77.0 Å². The number of hydrogen-bond acceptors (Lipinski definition) is 5. The van der Waals surface area contributed by atoms with E-state index in [-0.39, 0.29) is 18.5 Å². The van der Waals surface area contributed by atoms with Crippen molar-refractivity contribution in [2.24, 2.45) is 0 Å². The van der Waals surface area contributed by atoms with Crippen LogP contribution in [0.25, 0.3) is 0 Å². The molecule has 59 heavy (non-hydrogen) atoms. The molecule has 6 heteroatoms. The van der Waals surface area contributed by atoms with Gasteiger partial charge < -0.3 is 20.3 Å². The van der Waals surface area contributed by atoms with Crippen LogP contribution in [0.4, 0.5) is 0 Å². The molecule has 0 aromatic rings. The van der Waals surface area contributed by atoms with Gasteiger partial charge in [0.25, 0.3) is 0 Å². The number of aliphatic hydroxyl groups excluding tert-OH is 2. The second-order valence-electron chi connectivity index (χ2n) is 17.5. The summed E-state index contributed by atoms with van der Waals surface area (Å²) in [6, 6.07) is -0.633. The summed E-state index contributed by atoms with van der Waals surface area (Å²) in [5.74, 6) is -0.0854. The van der Waals surface area contributed by atoms with E-state index in [9.17, 15) is 19.8 Å². The van der Waals surface area contributed by atoms with Gasteiger partial charge in [0, 0.05) is 12.8 Å². The topological polar surface area (TPSA) is 95.9 Å². The average Bonchev–Trinajstić information content (AvgIpc) is 3.24. The number of carbonyl (C=O) groups is 2. The number of unbranched alkanes of at least 4 members (excludes halogenated alkanes) is 32. The van der Waals surface area contributed by atoms with Gasteiger partial charge in [0.1, 0.15) is 0 Å². The van der Waals surface area contributed by atoms with E-state index in [0.29, 0.717) is 19.4 Å². The molecule has 6 nitrogen and oxygen atoms in total. The van der Waals surface area contributed by atoms with Crippen molar-refractivity contribution in [2.45, 2.75) is 276 Å². The number of carbonyl (C=O) groups excluding carboxylic acids is 2. The Morgan fingerprint density at radius 1 is 0.458 bits per heavy atom. The number of amides is 1. The number of aliphatic hydroxyl groups is 2. The molecular formula is C53H99NO5. The van der Waals surface area contributed by atoms with Crippen LogP contribution in [0.3, 0.4) is 0 Å². The maximum atomic E-state index is 12.4. The molecule has 3 N–H and O–H groups in total. The minimum Gasteiger partial charge on any atom is -0.466 e. The summed E-state index contributed by atoms with van der Waals surface area (Å²) in [7, 11) is 0. The Morgan fingerprint density at radius 2 is 0.814 bits per heavy atom. The lowest BCUT2D eigenvalue weighted by molar-refractivity contribution is -0.143. The third kappa shape index (κ3) is 45.4. The van der Waals surface area contributed by atoms with Crippen LogP contribution < -0.4 is 5.32 Å². The fourth-order valence-electron chi connectivity index (χ4n) is 7.61. The van der Waals surface area contributed by atoms with E-state index in [4.69, 9.17) is 4.74 Å². The molecule has 2 unspecified atom stereocenters. The summed E-state index contributed by atoms with van der Waals surface area (Å²) in [6.07, 6.45) is 58.6. The molecule has 0 rings (SSSR count). The van der Waals surface area contributed by atoms with Crippen LogP contribution in [-0.4, -0.2) is 47.4 Å². The normalized spacial score (nSPS) is 12.9. The van der Waals surface area contributed by atoms with Crippen molar-refractivity contribution >= 4 is 11.9 Å². The van der Waals surface area contributed by atoms with Crippen LogP contribution in [0.1, 0.15) is 264 Å². The quantitative estimate of drug-likeness (QED) is 0.0323. The molecule has 346 valence electrons. The van der Waals surface area contributed by atoms with Gasteiger partial charge in [-0.25, -0.2) is 0 Å². The Hall–Kier alpha value is -1.92. The molecule has 0 saturated carbocycles. The van der Waals surface area contributed by atoms with Crippen LogP contribution in [-0.2, 0) is 14.3 Å². The summed E-state index contributed by atoms with van der Waals surface area (Å²) >= 11 is 0. The van der Waals surface area contributed by atoms with Gasteiger partial charge in [-0.3, -0.25) is 9.59 Å². The second kappa shape index (κ2) is 48.7. The molecule has 0 aliphatic carbocycles. The molecule has 0 aliphatic rings. The Labute approximate surface area is 366 Å². The van der Waals surface area contributed by atoms with Crippen molar-refractivity contribution in [1.29, 1.82) is 0 Å². The van der Waals surface area contributed by atoms with Crippen LogP contribution in [0, 0.1) is 0 Å². The molecule has 0 bridgehead atoms. The lowest BCUT2D eigenvalue weighted by Gasteiger charge is -2.20. The van der Waals surface area contributed by atoms with Crippen molar-refractivity contribution in [2.75, 3.05) is 13.2 Å². The van der Waals surface area contributed by atoms with E-state index < -0.39 is 12.1 Å². The minimum atomic E-state index is -0.848. The van der Waals surface area contributed by atoms with Gasteiger partial charge in [-0.1, -0.05) is 211 Å². The maximum absolute atomic E-state index is 12.4. The van der Waals surface area contributed by atoms with E-state index in [2.05, 4.69) is 43.5 Å². The molecule has 2 atom stereocenters. The highest BCUT2D eigenvalue weighted by Gasteiger charge is 2.18. The Kier molecular flexibility index (Phi) is 47.2. The van der Waals surface area contributed by atoms with Crippen LogP contribution in [0.15, 0.2) is 36.5 Å². The number of allylic oxidation sites excluding steroid dienone is 5. The molecule has 0 spiro atoms. The third-order valence-corrected chi connectivity index (χ3v) is 11.6. The van der Waals surface area contributed by atoms with Gasteiger partial charge in [0.2, 0.25) is 5.91 Å². The van der Waals surface area contributed by atoms with Crippen LogP contribution in [0.5, 0.6) is 0 Å². The average molecular weight is 830 g/mol. The van der Waals surface area contributed by atoms with Crippen LogP contribution >= 0.6 is 0 Å². The first-order valence-corrected chi connectivity index (χ1v) is 25.8. The first kappa shape index (κ1) is 57.1. The molecule has 1 amide bonds. The monoisotopic (exact) mass is 830 g/mol. The first-order valence-electron chi connectivity index (χ1n) is 25.8. The zero-order chi connectivity index (χ0) is 43.0. The largest absolute Gasteiger partial charge is 0.466 e. The van der Waals surface area contributed by atoms with Gasteiger partial charge in [0.15, 0.2) is 0 Å². The Bertz CT molecular complexity index is 962. The van der Waals surface area contributed by atoms with Crippen molar-refractivity contribution in [3.05, 3.63) is 36.5 Å². The zero-order valence-corrected chi connectivity index (χ0v) is 39.2. The molecule has 0 heterocycles. The highest BCUT2D eigenvalue weighted by Crippen LogP contribution is 2.15. The van der Waals surface area contributed by atoms with Gasteiger partial charge in [-0.2, -0.15) is 0 Å². The zero-order valence-electron chi connectivity index (χ0n) is 39.2. The van der Waals surface area contributed by atoms with Crippen LogP contribution in [0.2, 0.25) is 0 Å². The lowest BCUT2D eigenvalue weighted by atomic mass is 10.1. The number of nitrogens with one attached hydrogen (secondary N) is 1. The summed E-state index contributed by atoms with van der Waals surface area (Å²) in [4.78, 5) is 24.3. The molecular weight excluding hydrogens is 731 g/mol. The molecule has 0 fully saturated rings. The maximum Gasteiger partial charge on any atom is 0.305 e. The smallest absolute Gasteiger partial charge is 0.305 e. The van der Waals surface area contributed by atoms with Crippen molar-refractivity contribution in [1.82, 2.24) is 5.32 Å². The fourth-order valence-corrected chi connectivity index (χ4v) is 7.61. The van der Waals surface area contributed by atoms with Crippen molar-refractivity contribution in [3.63, 3.8) is 0 Å². The molecule has 0 aromatic carbocycles. The summed E-state index contributed by atoms with van der Waals surface area (Å²) in [5.41, 5.74) is 0. The number of hydrogen-bond donors (Lipinski definition) is 3. The summed E-state index contributed by atoms with van der Waals surface area (Å²) < 4.78 is 5.44. The number of rotatable bonds is 47. The predicted molar refractivity (Wildman–Crippen MR) is 255 cm³/mol. The second-order valence-corrected chi connectivity index (χ2v) is 17.5. The number of ether oxygens (including phenoxy) is 1. The van der Waals surface area contributed by atoms with E-state index in [1.165, 1.54) is 186 Å². The van der Waals surface area contributed by atoms with Gasteiger partial charge in [-0.15, -0.1) is 0 Å². The van der Waals surface area contributed by atoms with Gasteiger partial charge in [0.05, 0.1) is 25.4 Å². The highest BCUT2D eigenvalue weighted by molar-refractivity contribution is 5.76. The summed E-state index contributed by atoms with van der Waals surface area (Å²) in [6.45, 7) is 4.83. The Balaban J connectivity index is 3.46. The minimum absolute atomic E-state index is 0.00643. The lowest BCUT2D eigenvalue weighted by Crippen LogP contribution is -2.45. The summed E-state index contributed by atoms with van der Waals surface area (Å²) in [5, 5.41) is 23.0. The SMILES string of the molecule is CCCC/C=C\CCCCCCCC(=O)OCCCCCCCCCCC/C=C\CCCCCCCCCC(=O)NC(CO)C(O)/C=C/CCCCCCCCCCC. The third-order valence-electron chi connectivity index (χ3n) is 11.6.